The minimum absolute atomic E-state index is 0.0217. The molecule has 0 amide bonds. The molecule has 0 heterocycles. The van der Waals surface area contributed by atoms with Crippen molar-refractivity contribution in [3.05, 3.63) is 27.7 Å². The molecule has 1 unspecified atom stereocenters. The van der Waals surface area contributed by atoms with Crippen LogP contribution in [-0.4, -0.2) is 22.4 Å². The van der Waals surface area contributed by atoms with Crippen LogP contribution in [0.4, 0.5) is 5.69 Å². The van der Waals surface area contributed by atoms with Gasteiger partial charge in [-0.25, -0.2) is 0 Å². The number of benzene rings is 1. The standard InChI is InChI=1S/C15H20BrNO2/c1-14(2,3)11-7-10(13(17)12(16)8-11)5-6-15(4,19)9-18/h7-8,18-19H,9,17H2,1-4H3. The smallest absolute Gasteiger partial charge is 0.145 e. The fraction of sp³-hybridized carbons (Fsp3) is 0.467. The number of hydrogen-bond donors (Lipinski definition) is 3. The van der Waals surface area contributed by atoms with Crippen LogP contribution in [0.25, 0.3) is 0 Å². The summed E-state index contributed by atoms with van der Waals surface area (Å²) in [4.78, 5) is 0. The summed E-state index contributed by atoms with van der Waals surface area (Å²) in [6, 6.07) is 3.89. The second-order valence-electron chi connectivity index (χ2n) is 5.85. The molecule has 19 heavy (non-hydrogen) atoms. The highest BCUT2D eigenvalue weighted by Gasteiger charge is 2.18. The van der Waals surface area contributed by atoms with Gasteiger partial charge in [-0.05, 0) is 46.0 Å². The van der Waals surface area contributed by atoms with Gasteiger partial charge < -0.3 is 15.9 Å². The summed E-state index contributed by atoms with van der Waals surface area (Å²) in [6.07, 6.45) is 0. The van der Waals surface area contributed by atoms with Gasteiger partial charge in [-0.2, -0.15) is 0 Å². The van der Waals surface area contributed by atoms with Crippen LogP contribution in [0.2, 0.25) is 0 Å². The Morgan fingerprint density at radius 3 is 2.32 bits per heavy atom. The molecule has 0 saturated heterocycles. The van der Waals surface area contributed by atoms with Gasteiger partial charge in [0.25, 0.3) is 0 Å². The van der Waals surface area contributed by atoms with Gasteiger partial charge in [-0.15, -0.1) is 0 Å². The van der Waals surface area contributed by atoms with E-state index in [1.165, 1.54) is 6.92 Å². The van der Waals surface area contributed by atoms with Crippen LogP contribution in [0.3, 0.4) is 0 Å². The zero-order valence-electron chi connectivity index (χ0n) is 11.7. The maximum absolute atomic E-state index is 9.70. The number of hydrogen-bond acceptors (Lipinski definition) is 3. The van der Waals surface area contributed by atoms with Crippen molar-refractivity contribution in [3.63, 3.8) is 0 Å². The molecule has 1 aromatic rings. The predicted molar refractivity (Wildman–Crippen MR) is 81.8 cm³/mol. The SMILES string of the molecule is CC(O)(C#Cc1cc(C(C)(C)C)cc(Br)c1N)CO. The Morgan fingerprint density at radius 1 is 1.26 bits per heavy atom. The Hall–Kier alpha value is -1.02. The molecule has 0 aromatic heterocycles. The minimum atomic E-state index is -1.42. The Labute approximate surface area is 123 Å². The number of aliphatic hydroxyl groups excluding tert-OH is 1. The van der Waals surface area contributed by atoms with Crippen LogP contribution in [0.15, 0.2) is 16.6 Å². The van der Waals surface area contributed by atoms with E-state index in [0.29, 0.717) is 11.3 Å². The van der Waals surface area contributed by atoms with E-state index in [-0.39, 0.29) is 5.41 Å². The van der Waals surface area contributed by atoms with Crippen LogP contribution < -0.4 is 5.73 Å². The lowest BCUT2D eigenvalue weighted by atomic mass is 9.86. The molecule has 0 radical (unpaired) electrons. The molecule has 0 bridgehead atoms. The predicted octanol–water partition coefficient (Wildman–Crippen LogP) is 2.42. The van der Waals surface area contributed by atoms with E-state index in [4.69, 9.17) is 10.8 Å². The van der Waals surface area contributed by atoms with Crippen molar-refractivity contribution in [2.75, 3.05) is 12.3 Å². The Bertz CT molecular complexity index is 534. The normalized spacial score (nSPS) is 14.5. The Balaban J connectivity index is 3.32. The van der Waals surface area contributed by atoms with Crippen LogP contribution in [0.1, 0.15) is 38.8 Å². The highest BCUT2D eigenvalue weighted by molar-refractivity contribution is 9.10. The monoisotopic (exact) mass is 325 g/mol. The van der Waals surface area contributed by atoms with E-state index >= 15 is 0 Å². The lowest BCUT2D eigenvalue weighted by Crippen LogP contribution is -2.26. The summed E-state index contributed by atoms with van der Waals surface area (Å²) in [5, 5.41) is 18.7. The largest absolute Gasteiger partial charge is 0.397 e. The highest BCUT2D eigenvalue weighted by Crippen LogP contribution is 2.31. The minimum Gasteiger partial charge on any atom is -0.397 e. The van der Waals surface area contributed by atoms with Gasteiger partial charge in [-0.3, -0.25) is 0 Å². The van der Waals surface area contributed by atoms with E-state index in [9.17, 15) is 5.11 Å². The summed E-state index contributed by atoms with van der Waals surface area (Å²) >= 11 is 3.42. The lowest BCUT2D eigenvalue weighted by molar-refractivity contribution is 0.0519. The summed E-state index contributed by atoms with van der Waals surface area (Å²) < 4.78 is 0.785. The number of aliphatic hydroxyl groups is 2. The summed E-state index contributed by atoms with van der Waals surface area (Å²) in [5.41, 5.74) is 6.81. The molecule has 1 rings (SSSR count). The van der Waals surface area contributed by atoms with E-state index in [2.05, 4.69) is 48.5 Å². The summed E-state index contributed by atoms with van der Waals surface area (Å²) in [5.74, 6) is 5.47. The van der Waals surface area contributed by atoms with Crippen LogP contribution in [-0.2, 0) is 5.41 Å². The zero-order valence-corrected chi connectivity index (χ0v) is 13.3. The van der Waals surface area contributed by atoms with Gasteiger partial charge in [0, 0.05) is 10.0 Å². The van der Waals surface area contributed by atoms with E-state index in [1.54, 1.807) is 0 Å². The van der Waals surface area contributed by atoms with Gasteiger partial charge in [0.1, 0.15) is 5.60 Å². The quantitative estimate of drug-likeness (QED) is 0.548. The first-order valence-corrected chi connectivity index (χ1v) is 6.82. The third-order valence-corrected chi connectivity index (χ3v) is 3.43. The number of nitrogens with two attached hydrogens (primary N) is 1. The molecule has 3 nitrogen and oxygen atoms in total. The van der Waals surface area contributed by atoms with Gasteiger partial charge in [-0.1, -0.05) is 32.6 Å². The lowest BCUT2D eigenvalue weighted by Gasteiger charge is -2.20. The Morgan fingerprint density at radius 2 is 1.84 bits per heavy atom. The van der Waals surface area contributed by atoms with E-state index in [1.807, 2.05) is 12.1 Å². The molecule has 1 aromatic carbocycles. The Kier molecular flexibility index (Phi) is 4.67. The van der Waals surface area contributed by atoms with Crippen molar-refractivity contribution >= 4 is 21.6 Å². The molecular weight excluding hydrogens is 306 g/mol. The van der Waals surface area contributed by atoms with E-state index < -0.39 is 12.2 Å². The maximum Gasteiger partial charge on any atom is 0.145 e. The molecule has 4 heteroatoms. The fourth-order valence-corrected chi connectivity index (χ4v) is 1.86. The average Bonchev–Trinajstić information content (AvgIpc) is 2.29. The molecule has 4 N–H and O–H groups in total. The average molecular weight is 326 g/mol. The molecule has 0 aliphatic rings. The van der Waals surface area contributed by atoms with Crippen molar-refractivity contribution in [2.45, 2.75) is 38.7 Å². The number of halogens is 1. The topological polar surface area (TPSA) is 66.5 Å². The molecule has 0 saturated carbocycles. The van der Waals surface area contributed by atoms with Crippen LogP contribution in [0.5, 0.6) is 0 Å². The second-order valence-corrected chi connectivity index (χ2v) is 6.71. The van der Waals surface area contributed by atoms with Crippen LogP contribution >= 0.6 is 15.9 Å². The molecule has 1 atom stereocenters. The number of nitrogen functional groups attached to an aromatic ring is 1. The third-order valence-electron chi connectivity index (χ3n) is 2.77. The van der Waals surface area contributed by atoms with Crippen molar-refractivity contribution in [1.29, 1.82) is 0 Å². The van der Waals surface area contributed by atoms with Gasteiger partial charge in [0.2, 0.25) is 0 Å². The van der Waals surface area contributed by atoms with Crippen molar-refractivity contribution in [3.8, 4) is 11.8 Å². The number of rotatable bonds is 1. The van der Waals surface area contributed by atoms with Crippen LogP contribution in [0, 0.1) is 11.8 Å². The highest BCUT2D eigenvalue weighted by atomic mass is 79.9. The first-order valence-electron chi connectivity index (χ1n) is 6.03. The first kappa shape index (κ1) is 16.0. The first-order chi connectivity index (χ1) is 8.57. The summed E-state index contributed by atoms with van der Waals surface area (Å²) in [7, 11) is 0. The van der Waals surface area contributed by atoms with Gasteiger partial charge >= 0.3 is 0 Å². The van der Waals surface area contributed by atoms with Crippen molar-refractivity contribution in [1.82, 2.24) is 0 Å². The molecule has 0 aliphatic heterocycles. The maximum atomic E-state index is 9.70. The fourth-order valence-electron chi connectivity index (χ4n) is 1.40. The third kappa shape index (κ3) is 4.24. The molecule has 0 spiro atoms. The molecule has 0 aliphatic carbocycles. The molecule has 0 fully saturated rings. The van der Waals surface area contributed by atoms with Crippen molar-refractivity contribution in [2.24, 2.45) is 0 Å². The molecule has 104 valence electrons. The van der Waals surface area contributed by atoms with Gasteiger partial charge in [0.05, 0.1) is 12.3 Å². The molecular formula is C15H20BrNO2. The number of anilines is 1. The zero-order chi connectivity index (χ0) is 14.8. The van der Waals surface area contributed by atoms with E-state index in [0.717, 1.165) is 10.0 Å². The van der Waals surface area contributed by atoms with Gasteiger partial charge in [0.15, 0.2) is 0 Å². The summed E-state index contributed by atoms with van der Waals surface area (Å²) in [6.45, 7) is 7.35. The second kappa shape index (κ2) is 5.54. The van der Waals surface area contributed by atoms with Crippen molar-refractivity contribution < 1.29 is 10.2 Å².